The Balaban J connectivity index is 4.71. The minimum Gasteiger partial charge on any atom is -0.462 e. The Kier molecular flexibility index (Phi) is 56.6. The minimum absolute atomic E-state index is 0.164. The van der Waals surface area contributed by atoms with E-state index in [4.69, 9.17) is 14.2 Å². The topological polar surface area (TPSA) is 78.9 Å². The first-order valence-electron chi connectivity index (χ1n) is 29.3. The molecule has 0 aromatic carbocycles. The molecule has 0 bridgehead atoms. The molecule has 75 heavy (non-hydrogen) atoms. The molecule has 0 N–H and O–H groups in total. The number of ether oxygens (including phenoxy) is 3. The van der Waals surface area contributed by atoms with Crippen molar-refractivity contribution < 1.29 is 28.6 Å². The fourth-order valence-electron chi connectivity index (χ4n) is 7.02. The van der Waals surface area contributed by atoms with E-state index in [2.05, 4.69) is 179 Å². The van der Waals surface area contributed by atoms with Gasteiger partial charge in [0.05, 0.1) is 0 Å². The van der Waals surface area contributed by atoms with Crippen molar-refractivity contribution in [1.29, 1.82) is 0 Å². The Morgan fingerprint density at radius 1 is 0.280 bits per heavy atom. The first-order chi connectivity index (χ1) is 37.0. The molecule has 0 rings (SSSR count). The molecule has 0 aliphatic rings. The van der Waals surface area contributed by atoms with Crippen LogP contribution in [0.1, 0.15) is 213 Å². The van der Waals surface area contributed by atoms with Crippen molar-refractivity contribution in [2.24, 2.45) is 0 Å². The van der Waals surface area contributed by atoms with Gasteiger partial charge in [0.2, 0.25) is 0 Å². The van der Waals surface area contributed by atoms with Crippen LogP contribution >= 0.6 is 0 Å². The normalized spacial score (nSPS) is 13.5. The first-order valence-corrected chi connectivity index (χ1v) is 29.3. The van der Waals surface area contributed by atoms with Gasteiger partial charge in [-0.2, -0.15) is 0 Å². The second-order valence-electron chi connectivity index (χ2n) is 18.5. The molecule has 0 radical (unpaired) electrons. The predicted molar refractivity (Wildman–Crippen MR) is 324 cm³/mol. The number of allylic oxidation sites excluding steroid dienone is 30. The van der Waals surface area contributed by atoms with Crippen molar-refractivity contribution in [1.82, 2.24) is 0 Å². The van der Waals surface area contributed by atoms with E-state index in [1.54, 1.807) is 0 Å². The van der Waals surface area contributed by atoms with Crippen LogP contribution in [0.5, 0.6) is 0 Å². The molecular weight excluding hydrogens is 925 g/mol. The van der Waals surface area contributed by atoms with Crippen molar-refractivity contribution in [2.75, 3.05) is 13.2 Å². The van der Waals surface area contributed by atoms with E-state index in [0.717, 1.165) is 103 Å². The first kappa shape index (κ1) is 69.5. The van der Waals surface area contributed by atoms with Crippen LogP contribution in [0, 0.1) is 0 Å². The molecule has 0 saturated carbocycles. The molecular formula is C69H104O6. The average molecular weight is 1030 g/mol. The van der Waals surface area contributed by atoms with Gasteiger partial charge >= 0.3 is 17.9 Å². The summed E-state index contributed by atoms with van der Waals surface area (Å²) in [6.45, 7) is 6.29. The van der Waals surface area contributed by atoms with Crippen LogP contribution in [0.25, 0.3) is 0 Å². The summed E-state index contributed by atoms with van der Waals surface area (Å²) in [6, 6.07) is 0. The third-order valence-corrected chi connectivity index (χ3v) is 11.4. The van der Waals surface area contributed by atoms with E-state index in [1.807, 2.05) is 24.3 Å². The van der Waals surface area contributed by atoms with Crippen LogP contribution in [-0.2, 0) is 28.6 Å². The molecule has 0 spiro atoms. The summed E-state index contributed by atoms with van der Waals surface area (Å²) in [5.41, 5.74) is 0. The molecule has 0 saturated heterocycles. The zero-order chi connectivity index (χ0) is 54.3. The van der Waals surface area contributed by atoms with Crippen LogP contribution < -0.4 is 0 Å². The lowest BCUT2D eigenvalue weighted by Crippen LogP contribution is -2.30. The van der Waals surface area contributed by atoms with Crippen molar-refractivity contribution in [3.05, 3.63) is 182 Å². The van der Waals surface area contributed by atoms with Crippen LogP contribution in [0.4, 0.5) is 0 Å². The van der Waals surface area contributed by atoms with Crippen molar-refractivity contribution in [3.63, 3.8) is 0 Å². The molecule has 0 fully saturated rings. The van der Waals surface area contributed by atoms with E-state index in [0.29, 0.717) is 19.3 Å². The summed E-state index contributed by atoms with van der Waals surface area (Å²) >= 11 is 0. The zero-order valence-electron chi connectivity index (χ0n) is 47.5. The lowest BCUT2D eigenvalue weighted by Gasteiger charge is -2.18. The molecule has 416 valence electrons. The molecule has 0 aliphatic carbocycles. The average Bonchev–Trinajstić information content (AvgIpc) is 3.41. The Morgan fingerprint density at radius 3 is 0.840 bits per heavy atom. The van der Waals surface area contributed by atoms with Gasteiger partial charge in [-0.3, -0.25) is 14.4 Å². The number of rotatable bonds is 50. The molecule has 6 nitrogen and oxygen atoms in total. The fourth-order valence-corrected chi connectivity index (χ4v) is 7.02. The van der Waals surface area contributed by atoms with E-state index >= 15 is 0 Å². The summed E-state index contributed by atoms with van der Waals surface area (Å²) in [7, 11) is 0. The van der Waals surface area contributed by atoms with Gasteiger partial charge in [-0.05, 0) is 141 Å². The Morgan fingerprint density at radius 2 is 0.547 bits per heavy atom. The molecule has 1 atom stereocenters. The molecule has 0 aliphatic heterocycles. The second-order valence-corrected chi connectivity index (χ2v) is 18.5. The van der Waals surface area contributed by atoms with Crippen molar-refractivity contribution >= 4 is 17.9 Å². The number of hydrogen-bond acceptors (Lipinski definition) is 6. The second kappa shape index (κ2) is 61.1. The van der Waals surface area contributed by atoms with Gasteiger partial charge in [0.1, 0.15) is 13.2 Å². The van der Waals surface area contributed by atoms with Crippen LogP contribution in [-0.4, -0.2) is 37.2 Å². The van der Waals surface area contributed by atoms with Gasteiger partial charge in [-0.1, -0.05) is 235 Å². The Hall–Kier alpha value is -5.49. The molecule has 6 heteroatoms. The van der Waals surface area contributed by atoms with E-state index in [-0.39, 0.29) is 44.4 Å². The lowest BCUT2D eigenvalue weighted by molar-refractivity contribution is -0.166. The quantitative estimate of drug-likeness (QED) is 0.0261. The summed E-state index contributed by atoms with van der Waals surface area (Å²) in [6.07, 6.45) is 91.9. The summed E-state index contributed by atoms with van der Waals surface area (Å²) < 4.78 is 16.7. The number of hydrogen-bond donors (Lipinski definition) is 0. The number of esters is 3. The molecule has 0 amide bonds. The monoisotopic (exact) mass is 1030 g/mol. The molecule has 0 aromatic rings. The summed E-state index contributed by atoms with van der Waals surface area (Å²) in [5.74, 6) is -1.17. The minimum atomic E-state index is -0.868. The summed E-state index contributed by atoms with van der Waals surface area (Å²) in [5, 5.41) is 0. The highest BCUT2D eigenvalue weighted by Crippen LogP contribution is 2.10. The highest BCUT2D eigenvalue weighted by Gasteiger charge is 2.19. The van der Waals surface area contributed by atoms with E-state index in [1.165, 1.54) is 51.4 Å². The maximum Gasteiger partial charge on any atom is 0.306 e. The third kappa shape index (κ3) is 59.3. The molecule has 0 heterocycles. The van der Waals surface area contributed by atoms with E-state index < -0.39 is 12.1 Å². The molecule has 0 unspecified atom stereocenters. The Labute approximate surface area is 459 Å². The van der Waals surface area contributed by atoms with Gasteiger partial charge in [0, 0.05) is 19.3 Å². The molecule has 0 aromatic heterocycles. The van der Waals surface area contributed by atoms with Crippen molar-refractivity contribution in [3.8, 4) is 0 Å². The van der Waals surface area contributed by atoms with Gasteiger partial charge in [0.15, 0.2) is 6.10 Å². The van der Waals surface area contributed by atoms with Crippen LogP contribution in [0.2, 0.25) is 0 Å². The van der Waals surface area contributed by atoms with Crippen LogP contribution in [0.3, 0.4) is 0 Å². The van der Waals surface area contributed by atoms with Gasteiger partial charge in [-0.25, -0.2) is 0 Å². The van der Waals surface area contributed by atoms with Gasteiger partial charge in [-0.15, -0.1) is 0 Å². The van der Waals surface area contributed by atoms with Gasteiger partial charge < -0.3 is 14.2 Å². The van der Waals surface area contributed by atoms with Gasteiger partial charge in [0.25, 0.3) is 0 Å². The summed E-state index contributed by atoms with van der Waals surface area (Å²) in [4.78, 5) is 38.2. The maximum atomic E-state index is 12.9. The maximum absolute atomic E-state index is 12.9. The highest BCUT2D eigenvalue weighted by molar-refractivity contribution is 5.71. The SMILES string of the molecule is CC/C=C\C/C=C\C/C=C\C/C=C\C/C=C\C/C=C\CCC(=O)OC[C@H](COC(=O)CC/C=C\C/C=C\C/C=C\C/C=C\C/C=C\CCCCC)OC(=O)CCCCC/C=C\C/C=C\C/C=C\C/C=C\CCCCC. The third-order valence-electron chi connectivity index (χ3n) is 11.4. The van der Waals surface area contributed by atoms with E-state index in [9.17, 15) is 14.4 Å². The number of carbonyl (C=O) groups excluding carboxylic acids is 3. The number of carbonyl (C=O) groups is 3. The predicted octanol–water partition coefficient (Wildman–Crippen LogP) is 20.1. The Bertz CT molecular complexity index is 1800. The standard InChI is InChI=1S/C69H104O6/c1-4-7-10-13-16-19-22-25-28-31-34-37-40-43-46-49-52-55-58-61-67(70)73-64-66(75-69(72)63-60-57-54-51-48-45-42-39-36-33-30-27-24-21-18-15-12-9-6-3)65-74-68(71)62-59-56-53-50-47-44-41-38-35-32-29-26-23-20-17-14-11-8-5-2/h7,10,16-21,25-30,34-39,43-48,52-53,55-56,66H,4-6,8-9,11-15,22-24,31-33,40-42,49-51,54,57-65H2,1-3H3/b10-7-,19-16-,20-17-,21-18-,28-25-,29-26-,30-27-,37-34-,38-35-,39-36-,46-43-,47-44-,48-45-,55-52-,56-53-/t66-/m1/s1. The number of unbranched alkanes of at least 4 members (excludes halogenated alkanes) is 9. The largest absolute Gasteiger partial charge is 0.462 e. The fraction of sp³-hybridized carbons (Fsp3) is 0.522. The zero-order valence-corrected chi connectivity index (χ0v) is 47.5. The smallest absolute Gasteiger partial charge is 0.306 e. The van der Waals surface area contributed by atoms with Crippen molar-refractivity contribution in [2.45, 2.75) is 219 Å². The lowest BCUT2D eigenvalue weighted by atomic mass is 10.1. The van der Waals surface area contributed by atoms with Crippen LogP contribution in [0.15, 0.2) is 182 Å². The highest BCUT2D eigenvalue weighted by atomic mass is 16.6.